The Bertz CT molecular complexity index is 463. The molecule has 3 atom stereocenters. The highest BCUT2D eigenvalue weighted by molar-refractivity contribution is 5.81. The van der Waals surface area contributed by atoms with Gasteiger partial charge in [0.1, 0.15) is 11.2 Å². The van der Waals surface area contributed by atoms with Gasteiger partial charge in [-0.1, -0.05) is 19.9 Å². The van der Waals surface area contributed by atoms with Gasteiger partial charge < -0.3 is 14.9 Å². The van der Waals surface area contributed by atoms with Crippen LogP contribution in [0.25, 0.3) is 0 Å². The van der Waals surface area contributed by atoms with Crippen LogP contribution in [0.3, 0.4) is 0 Å². The quantitative estimate of drug-likeness (QED) is 0.467. The van der Waals surface area contributed by atoms with Crippen molar-refractivity contribution in [1.82, 2.24) is 0 Å². The monoisotopic (exact) mass is 266 g/mol. The summed E-state index contributed by atoms with van der Waals surface area (Å²) in [5.74, 6) is -0.947. The molecule has 1 aliphatic carbocycles. The fraction of sp³-hybridized carbons (Fsp3) is 0.667. The maximum atomic E-state index is 10.6. The van der Waals surface area contributed by atoms with Gasteiger partial charge in [0.2, 0.25) is 0 Å². The van der Waals surface area contributed by atoms with Crippen molar-refractivity contribution in [1.29, 1.82) is 0 Å². The molecule has 0 radical (unpaired) electrons. The van der Waals surface area contributed by atoms with Crippen molar-refractivity contribution < 1.29 is 19.7 Å². The summed E-state index contributed by atoms with van der Waals surface area (Å²) < 4.78 is 5.97. The molecule has 4 heteroatoms. The number of rotatable bonds is 3. The summed E-state index contributed by atoms with van der Waals surface area (Å²) in [5.41, 5.74) is -0.220. The molecule has 1 saturated carbocycles. The molecule has 2 rings (SSSR count). The molecule has 1 aliphatic heterocycles. The number of hydrogen-bond acceptors (Lipinski definition) is 3. The SMILES string of the molecule is CC(C=CC12OC1(C)CC(O)CC2(C)C)=CC(=O)O. The van der Waals surface area contributed by atoms with Crippen molar-refractivity contribution in [2.45, 2.75) is 57.8 Å². The lowest BCUT2D eigenvalue weighted by molar-refractivity contribution is -0.131. The summed E-state index contributed by atoms with van der Waals surface area (Å²) in [4.78, 5) is 10.6. The van der Waals surface area contributed by atoms with Crippen LogP contribution in [0.2, 0.25) is 0 Å². The second kappa shape index (κ2) is 4.18. The van der Waals surface area contributed by atoms with E-state index in [0.29, 0.717) is 18.4 Å². The topological polar surface area (TPSA) is 70.1 Å². The third-order valence-electron chi connectivity index (χ3n) is 4.44. The van der Waals surface area contributed by atoms with E-state index in [1.807, 2.05) is 13.0 Å². The fourth-order valence-corrected chi connectivity index (χ4v) is 3.57. The first-order chi connectivity index (χ1) is 8.62. The molecule has 19 heavy (non-hydrogen) atoms. The third kappa shape index (κ3) is 2.23. The number of aliphatic carboxylic acids is 1. The normalized spacial score (nSPS) is 41.1. The van der Waals surface area contributed by atoms with Crippen LogP contribution >= 0.6 is 0 Å². The minimum absolute atomic E-state index is 0.167. The molecule has 1 saturated heterocycles. The van der Waals surface area contributed by atoms with Gasteiger partial charge in [-0.15, -0.1) is 0 Å². The predicted octanol–water partition coefficient (Wildman–Crippen LogP) is 2.28. The minimum atomic E-state index is -0.947. The Hall–Kier alpha value is -1.13. The molecule has 0 bridgehead atoms. The van der Waals surface area contributed by atoms with Crippen molar-refractivity contribution in [2.75, 3.05) is 0 Å². The van der Waals surface area contributed by atoms with Gasteiger partial charge in [0, 0.05) is 17.9 Å². The molecule has 4 nitrogen and oxygen atoms in total. The lowest BCUT2D eigenvalue weighted by Crippen LogP contribution is -2.46. The van der Waals surface area contributed by atoms with Crippen LogP contribution in [0.5, 0.6) is 0 Å². The molecule has 106 valence electrons. The first-order valence-corrected chi connectivity index (χ1v) is 6.61. The lowest BCUT2D eigenvalue weighted by Gasteiger charge is -2.39. The zero-order chi connectivity index (χ0) is 14.5. The van der Waals surface area contributed by atoms with Crippen molar-refractivity contribution in [2.24, 2.45) is 5.41 Å². The summed E-state index contributed by atoms with van der Waals surface area (Å²) in [7, 11) is 0. The van der Waals surface area contributed by atoms with E-state index in [-0.39, 0.29) is 17.1 Å². The van der Waals surface area contributed by atoms with E-state index in [4.69, 9.17) is 9.84 Å². The number of carbonyl (C=O) groups is 1. The zero-order valence-electron chi connectivity index (χ0n) is 11.9. The molecule has 0 aromatic heterocycles. The van der Waals surface area contributed by atoms with Crippen molar-refractivity contribution in [3.8, 4) is 0 Å². The van der Waals surface area contributed by atoms with Crippen molar-refractivity contribution in [3.63, 3.8) is 0 Å². The van der Waals surface area contributed by atoms with Crippen LogP contribution in [0.15, 0.2) is 23.8 Å². The van der Waals surface area contributed by atoms with Crippen molar-refractivity contribution in [3.05, 3.63) is 23.8 Å². The maximum Gasteiger partial charge on any atom is 0.328 e. The van der Waals surface area contributed by atoms with E-state index >= 15 is 0 Å². The molecule has 2 N–H and O–H groups in total. The number of ether oxygens (including phenoxy) is 1. The number of aliphatic hydroxyl groups excluding tert-OH is 1. The Labute approximate surface area is 113 Å². The highest BCUT2D eigenvalue weighted by Crippen LogP contribution is 2.66. The smallest absolute Gasteiger partial charge is 0.328 e. The van der Waals surface area contributed by atoms with Crippen LogP contribution in [0.1, 0.15) is 40.5 Å². The minimum Gasteiger partial charge on any atom is -0.478 e. The van der Waals surface area contributed by atoms with E-state index in [9.17, 15) is 9.90 Å². The summed E-state index contributed by atoms with van der Waals surface area (Å²) in [6.45, 7) is 7.94. The molecule has 3 unspecified atom stereocenters. The Morgan fingerprint density at radius 3 is 2.47 bits per heavy atom. The van der Waals surface area contributed by atoms with Gasteiger partial charge in [0.15, 0.2) is 0 Å². The van der Waals surface area contributed by atoms with Crippen LogP contribution in [-0.4, -0.2) is 33.5 Å². The summed E-state index contributed by atoms with van der Waals surface area (Å²) in [6, 6.07) is 0. The molecule has 2 fully saturated rings. The lowest BCUT2D eigenvalue weighted by atomic mass is 9.63. The fourth-order valence-electron chi connectivity index (χ4n) is 3.57. The number of hydrogen-bond donors (Lipinski definition) is 2. The Morgan fingerprint density at radius 2 is 1.95 bits per heavy atom. The molecule has 0 spiro atoms. The third-order valence-corrected chi connectivity index (χ3v) is 4.44. The molecule has 0 aromatic rings. The van der Waals surface area contributed by atoms with E-state index in [2.05, 4.69) is 13.8 Å². The summed E-state index contributed by atoms with van der Waals surface area (Å²) in [5, 5.41) is 18.6. The van der Waals surface area contributed by atoms with Crippen LogP contribution in [0, 0.1) is 5.41 Å². The van der Waals surface area contributed by atoms with E-state index in [0.717, 1.165) is 0 Å². The van der Waals surface area contributed by atoms with Crippen LogP contribution in [0.4, 0.5) is 0 Å². The number of aliphatic hydroxyl groups is 1. The average Bonchev–Trinajstić information content (AvgIpc) is 2.80. The largest absolute Gasteiger partial charge is 0.478 e. The van der Waals surface area contributed by atoms with Gasteiger partial charge in [0.05, 0.1) is 6.10 Å². The second-order valence-electron chi connectivity index (χ2n) is 6.57. The average molecular weight is 266 g/mol. The number of fused-ring (bicyclic) bond motifs is 1. The Morgan fingerprint density at radius 1 is 1.32 bits per heavy atom. The first-order valence-electron chi connectivity index (χ1n) is 6.61. The molecular formula is C15H22O4. The van der Waals surface area contributed by atoms with Crippen LogP contribution in [-0.2, 0) is 9.53 Å². The van der Waals surface area contributed by atoms with Crippen LogP contribution < -0.4 is 0 Å². The Kier molecular flexibility index (Phi) is 3.14. The number of carboxylic acid groups (broad SMARTS) is 1. The van der Waals surface area contributed by atoms with Crippen molar-refractivity contribution >= 4 is 5.97 Å². The van der Waals surface area contributed by atoms with Gasteiger partial charge in [0.25, 0.3) is 0 Å². The highest BCUT2D eigenvalue weighted by atomic mass is 16.6. The number of allylic oxidation sites excluding steroid dienone is 2. The van der Waals surface area contributed by atoms with Gasteiger partial charge in [-0.3, -0.25) is 0 Å². The second-order valence-corrected chi connectivity index (χ2v) is 6.57. The number of carboxylic acids is 1. The first kappa shape index (κ1) is 14.3. The predicted molar refractivity (Wildman–Crippen MR) is 71.8 cm³/mol. The standard InChI is InChI=1S/C15H22O4/c1-10(7-12(17)18)5-6-15-13(2,3)8-11(16)9-14(15,4)19-15/h5-7,11,16H,8-9H2,1-4H3,(H,17,18). The molecule has 0 aromatic carbocycles. The molecule has 1 heterocycles. The van der Waals surface area contributed by atoms with E-state index in [1.54, 1.807) is 13.0 Å². The van der Waals surface area contributed by atoms with Gasteiger partial charge in [-0.2, -0.15) is 0 Å². The number of epoxide rings is 1. The summed E-state index contributed by atoms with van der Waals surface area (Å²) in [6.07, 6.45) is 5.93. The van der Waals surface area contributed by atoms with E-state index < -0.39 is 11.6 Å². The van der Waals surface area contributed by atoms with Gasteiger partial charge in [-0.05, 0) is 31.9 Å². The maximum absolute atomic E-state index is 10.6. The summed E-state index contributed by atoms with van der Waals surface area (Å²) >= 11 is 0. The molecular weight excluding hydrogens is 244 g/mol. The zero-order valence-corrected chi connectivity index (χ0v) is 11.9. The van der Waals surface area contributed by atoms with E-state index in [1.165, 1.54) is 6.08 Å². The Balaban J connectivity index is 2.25. The highest BCUT2D eigenvalue weighted by Gasteiger charge is 2.74. The molecule has 2 aliphatic rings. The van der Waals surface area contributed by atoms with Gasteiger partial charge >= 0.3 is 5.97 Å². The van der Waals surface area contributed by atoms with Gasteiger partial charge in [-0.25, -0.2) is 4.79 Å². The molecule has 0 amide bonds.